The largest absolute Gasteiger partial charge is 0.477 e. The molecule has 2 aliphatic rings. The summed E-state index contributed by atoms with van der Waals surface area (Å²) in [5.74, 6) is -2.99. The zero-order chi connectivity index (χ0) is 31.3. The zero-order valence-electron chi connectivity index (χ0n) is 24.3. The van der Waals surface area contributed by atoms with Gasteiger partial charge in [-0.25, -0.2) is 14.2 Å². The zero-order valence-corrected chi connectivity index (χ0v) is 24.3. The minimum atomic E-state index is -1.35. The number of piperazine rings is 1. The number of nitrogens with zero attached hydrogens (tertiary/aromatic N) is 5. The fourth-order valence-corrected chi connectivity index (χ4v) is 5.73. The standard InChI is InChI=1S/C31H31FN6O6/c1-3-35-15-21(27(40)19-7-4-17(2)34-29(19)35)30(42)33-14-26(39)37-10-8-36(9-11-37)25-13-24-20(12-23(25)32)28(41)22(31(43)44)16-38(24)18-5-6-18/h4,7,12-13,15-16,18H,3,5-6,8-11,14H2,1-2H3,(H,33,42)(H,43,44). The van der Waals surface area contributed by atoms with Gasteiger partial charge in [0.2, 0.25) is 16.8 Å². The molecule has 0 spiro atoms. The Bertz CT molecular complexity index is 1970. The van der Waals surface area contributed by atoms with E-state index in [0.29, 0.717) is 36.2 Å². The average molecular weight is 603 g/mol. The number of amides is 2. The lowest BCUT2D eigenvalue weighted by atomic mass is 10.1. The first-order chi connectivity index (χ1) is 21.1. The van der Waals surface area contributed by atoms with Crippen molar-refractivity contribution in [3.05, 3.63) is 79.7 Å². The van der Waals surface area contributed by atoms with E-state index in [2.05, 4.69) is 10.3 Å². The first-order valence-electron chi connectivity index (χ1n) is 14.5. The van der Waals surface area contributed by atoms with Crippen LogP contribution in [-0.2, 0) is 11.3 Å². The minimum Gasteiger partial charge on any atom is -0.477 e. The quantitative estimate of drug-likeness (QED) is 0.328. The Kier molecular flexibility index (Phi) is 7.39. The van der Waals surface area contributed by atoms with Crippen molar-refractivity contribution in [1.82, 2.24) is 24.3 Å². The fourth-order valence-electron chi connectivity index (χ4n) is 5.73. The molecule has 6 rings (SSSR count). The van der Waals surface area contributed by atoms with Crippen molar-refractivity contribution >= 4 is 45.4 Å². The molecule has 3 aromatic heterocycles. The number of fused-ring (bicyclic) bond motifs is 2. The van der Waals surface area contributed by atoms with E-state index in [1.807, 2.05) is 13.8 Å². The molecule has 2 N–H and O–H groups in total. The lowest BCUT2D eigenvalue weighted by Crippen LogP contribution is -2.51. The third kappa shape index (κ3) is 5.18. The molecule has 1 aromatic carbocycles. The summed E-state index contributed by atoms with van der Waals surface area (Å²) in [5, 5.41) is 12.4. The Morgan fingerprint density at radius 1 is 1.00 bits per heavy atom. The van der Waals surface area contributed by atoms with Crippen molar-refractivity contribution in [2.24, 2.45) is 0 Å². The van der Waals surface area contributed by atoms with E-state index >= 15 is 4.39 Å². The topological polar surface area (TPSA) is 147 Å². The second kappa shape index (κ2) is 11.2. The van der Waals surface area contributed by atoms with Crippen molar-refractivity contribution in [3.63, 3.8) is 0 Å². The Morgan fingerprint density at radius 3 is 2.36 bits per heavy atom. The van der Waals surface area contributed by atoms with Crippen LogP contribution in [0.25, 0.3) is 21.9 Å². The van der Waals surface area contributed by atoms with Gasteiger partial charge in [0.15, 0.2) is 0 Å². The summed E-state index contributed by atoms with van der Waals surface area (Å²) < 4.78 is 18.8. The van der Waals surface area contributed by atoms with Crippen molar-refractivity contribution in [2.45, 2.75) is 39.3 Å². The van der Waals surface area contributed by atoms with Crippen molar-refractivity contribution in [1.29, 1.82) is 0 Å². The van der Waals surface area contributed by atoms with E-state index in [9.17, 15) is 29.1 Å². The van der Waals surface area contributed by atoms with Gasteiger partial charge >= 0.3 is 5.97 Å². The normalized spacial score (nSPS) is 15.2. The van der Waals surface area contributed by atoms with Crippen LogP contribution in [0.3, 0.4) is 0 Å². The van der Waals surface area contributed by atoms with E-state index in [1.54, 1.807) is 37.1 Å². The number of aromatic carboxylic acids is 1. The van der Waals surface area contributed by atoms with Crippen molar-refractivity contribution in [2.75, 3.05) is 37.6 Å². The number of pyridine rings is 3. The summed E-state index contributed by atoms with van der Waals surface area (Å²) in [6.45, 7) is 5.04. The highest BCUT2D eigenvalue weighted by atomic mass is 19.1. The maximum atomic E-state index is 15.3. The van der Waals surface area contributed by atoms with Gasteiger partial charge in [0.25, 0.3) is 5.91 Å². The second-order valence-corrected chi connectivity index (χ2v) is 11.2. The van der Waals surface area contributed by atoms with Crippen molar-refractivity contribution in [3.8, 4) is 0 Å². The van der Waals surface area contributed by atoms with E-state index < -0.39 is 28.6 Å². The molecule has 12 nitrogen and oxygen atoms in total. The molecule has 0 radical (unpaired) electrons. The molecule has 1 aliphatic carbocycles. The number of aryl methyl sites for hydroxylation is 2. The number of benzene rings is 1. The highest BCUT2D eigenvalue weighted by Gasteiger charge is 2.29. The number of carboxylic acids is 1. The van der Waals surface area contributed by atoms with Crippen LogP contribution in [0, 0.1) is 12.7 Å². The molecule has 0 bridgehead atoms. The van der Waals surface area contributed by atoms with Crippen LogP contribution in [0.2, 0.25) is 0 Å². The van der Waals surface area contributed by atoms with E-state index in [1.165, 1.54) is 12.4 Å². The van der Waals surface area contributed by atoms with Gasteiger partial charge in [-0.2, -0.15) is 0 Å². The molecule has 228 valence electrons. The third-order valence-electron chi connectivity index (χ3n) is 8.29. The average Bonchev–Trinajstić information content (AvgIpc) is 3.85. The summed E-state index contributed by atoms with van der Waals surface area (Å²) in [4.78, 5) is 71.1. The SMILES string of the molecule is CCn1cc(C(=O)NCC(=O)N2CCN(c3cc4c(cc3F)c(=O)c(C(=O)O)cn4C3CC3)CC2)c(=O)c2ccc(C)nc21. The van der Waals surface area contributed by atoms with Gasteiger partial charge in [-0.3, -0.25) is 19.2 Å². The molecule has 0 unspecified atom stereocenters. The molecule has 1 saturated carbocycles. The first-order valence-corrected chi connectivity index (χ1v) is 14.5. The number of hydrogen-bond acceptors (Lipinski definition) is 7. The highest BCUT2D eigenvalue weighted by molar-refractivity contribution is 5.98. The van der Waals surface area contributed by atoms with Crippen LogP contribution in [0.15, 0.2) is 46.2 Å². The fraction of sp³-hybridized carbons (Fsp3) is 0.355. The highest BCUT2D eigenvalue weighted by Crippen LogP contribution is 2.38. The van der Waals surface area contributed by atoms with E-state index in [4.69, 9.17) is 0 Å². The predicted octanol–water partition coefficient (Wildman–Crippen LogP) is 2.29. The summed E-state index contributed by atoms with van der Waals surface area (Å²) in [7, 11) is 0. The summed E-state index contributed by atoms with van der Waals surface area (Å²) in [6, 6.07) is 6.09. The van der Waals surface area contributed by atoms with Gasteiger partial charge < -0.3 is 29.4 Å². The lowest BCUT2D eigenvalue weighted by Gasteiger charge is -2.36. The van der Waals surface area contributed by atoms with Crippen LogP contribution in [0.4, 0.5) is 10.1 Å². The van der Waals surface area contributed by atoms with Crippen molar-refractivity contribution < 1.29 is 23.9 Å². The maximum absolute atomic E-state index is 15.3. The molecule has 13 heteroatoms. The van der Waals surface area contributed by atoms with Gasteiger partial charge in [0, 0.05) is 62.2 Å². The molecule has 1 aliphatic heterocycles. The molecule has 0 atom stereocenters. The van der Waals surface area contributed by atoms with Gasteiger partial charge in [-0.05, 0) is 51.0 Å². The van der Waals surface area contributed by atoms with Gasteiger partial charge in [0.05, 0.1) is 23.1 Å². The molecular formula is C31H31FN6O6. The van der Waals surface area contributed by atoms with E-state index in [-0.39, 0.29) is 53.8 Å². The number of aromatic nitrogens is 3. The molecule has 2 fully saturated rings. The molecule has 4 heterocycles. The van der Waals surface area contributed by atoms with Crippen LogP contribution in [0.5, 0.6) is 0 Å². The number of halogens is 1. The van der Waals surface area contributed by atoms with Crippen LogP contribution >= 0.6 is 0 Å². The third-order valence-corrected chi connectivity index (χ3v) is 8.29. The number of carboxylic acid groups (broad SMARTS) is 1. The molecule has 1 saturated heterocycles. The van der Waals surface area contributed by atoms with Crippen LogP contribution in [0.1, 0.15) is 52.2 Å². The number of nitrogens with one attached hydrogen (secondary N) is 1. The minimum absolute atomic E-state index is 0.0195. The van der Waals surface area contributed by atoms with E-state index in [0.717, 1.165) is 24.6 Å². The summed E-state index contributed by atoms with van der Waals surface area (Å²) >= 11 is 0. The van der Waals surface area contributed by atoms with Crippen LogP contribution < -0.4 is 21.1 Å². The number of hydrogen-bond donors (Lipinski definition) is 2. The van der Waals surface area contributed by atoms with Gasteiger partial charge in [-0.15, -0.1) is 0 Å². The maximum Gasteiger partial charge on any atom is 0.341 e. The number of carbonyl (C=O) groups is 3. The summed E-state index contributed by atoms with van der Waals surface area (Å²) in [5.41, 5.74) is 0.333. The molecule has 44 heavy (non-hydrogen) atoms. The van der Waals surface area contributed by atoms with Crippen LogP contribution in [-0.4, -0.2) is 74.6 Å². The van der Waals surface area contributed by atoms with Gasteiger partial charge in [0.1, 0.15) is 22.6 Å². The molecule has 4 aromatic rings. The smallest absolute Gasteiger partial charge is 0.341 e. The Morgan fingerprint density at radius 2 is 1.70 bits per heavy atom. The Balaban J connectivity index is 1.14. The van der Waals surface area contributed by atoms with Gasteiger partial charge in [-0.1, -0.05) is 0 Å². The number of anilines is 1. The molecule has 2 amide bonds. The molecular weight excluding hydrogens is 571 g/mol. The Hall–Kier alpha value is -5.07. The first kappa shape index (κ1) is 29.0. The number of rotatable bonds is 7. The second-order valence-electron chi connectivity index (χ2n) is 11.2. The summed E-state index contributed by atoms with van der Waals surface area (Å²) in [6.07, 6.45) is 4.48. The lowest BCUT2D eigenvalue weighted by molar-refractivity contribution is -0.130. The predicted molar refractivity (Wildman–Crippen MR) is 161 cm³/mol. The number of carbonyl (C=O) groups excluding carboxylic acids is 2. The Labute approximate surface area is 250 Å². The monoisotopic (exact) mass is 602 g/mol.